The summed E-state index contributed by atoms with van der Waals surface area (Å²) in [6.07, 6.45) is 3.35. The number of Topliss-reactive ketones (excluding diaryl/α,β-unsaturated/α-hetero) is 3. The zero-order chi connectivity index (χ0) is 40.2. The lowest BCUT2D eigenvalue weighted by Crippen LogP contribution is -2.70. The van der Waals surface area contributed by atoms with E-state index in [1.807, 2.05) is 114 Å². The Morgan fingerprint density at radius 1 is 0.964 bits per heavy atom. The lowest BCUT2D eigenvalue weighted by atomic mass is 9.54. The molecule has 5 atom stereocenters. The number of ketones is 3. The smallest absolute Gasteiger partial charge is 0.265 e. The third-order valence-corrected chi connectivity index (χ3v) is 16.5. The summed E-state index contributed by atoms with van der Waals surface area (Å²) in [7, 11) is 0.678. The summed E-state index contributed by atoms with van der Waals surface area (Å²) in [4.78, 5) is 59.6. The molecule has 0 saturated heterocycles. The first-order valence-corrected chi connectivity index (χ1v) is 21.8. The van der Waals surface area contributed by atoms with Crippen molar-refractivity contribution in [1.82, 2.24) is 10.1 Å². The van der Waals surface area contributed by atoms with Gasteiger partial charge in [-0.3, -0.25) is 24.1 Å². The third-order valence-electron chi connectivity index (χ3n) is 12.0. The van der Waals surface area contributed by atoms with Crippen LogP contribution < -0.4 is 9.47 Å². The summed E-state index contributed by atoms with van der Waals surface area (Å²) in [5.74, 6) is -5.17. The molecule has 3 aliphatic carbocycles. The molecule has 0 amide bonds. The number of aldehydes is 1. The van der Waals surface area contributed by atoms with Gasteiger partial charge in [-0.05, 0) is 85.5 Å². The molecule has 1 unspecified atom stereocenters. The van der Waals surface area contributed by atoms with Crippen molar-refractivity contribution in [3.8, 4) is 11.6 Å². The first kappa shape index (κ1) is 39.2. The zero-order valence-electron chi connectivity index (χ0n) is 32.8. The maximum absolute atomic E-state index is 16.2. The number of benzene rings is 3. The minimum atomic E-state index is -2.98. The van der Waals surface area contributed by atoms with E-state index in [1.165, 1.54) is 18.2 Å². The highest BCUT2D eigenvalue weighted by molar-refractivity contribution is 6.74. The van der Waals surface area contributed by atoms with Crippen molar-refractivity contribution in [2.45, 2.75) is 76.6 Å². The average molecular weight is 779 g/mol. The van der Waals surface area contributed by atoms with Crippen molar-refractivity contribution < 1.29 is 42.0 Å². The van der Waals surface area contributed by atoms with Gasteiger partial charge in [0.25, 0.3) is 5.88 Å². The first-order valence-electron chi connectivity index (χ1n) is 18.9. The lowest BCUT2D eigenvalue weighted by molar-refractivity contribution is -0.151. The predicted octanol–water partition coefficient (Wildman–Crippen LogP) is 8.00. The number of allylic oxidation sites excluding steroid dienone is 1. The Kier molecular flexibility index (Phi) is 10.4. The molecular formula is C44H47FN2O8Si. The molecule has 0 radical (unpaired) electrons. The van der Waals surface area contributed by atoms with Gasteiger partial charge in [0.2, 0.25) is 5.78 Å². The molecule has 0 bridgehead atoms. The Morgan fingerprint density at radius 2 is 1.59 bits per heavy atom. The van der Waals surface area contributed by atoms with Gasteiger partial charge in [-0.1, -0.05) is 81.4 Å². The molecule has 1 aromatic heterocycles. The van der Waals surface area contributed by atoms with Gasteiger partial charge in [0.15, 0.2) is 31.2 Å². The Bertz CT molecular complexity index is 2210. The van der Waals surface area contributed by atoms with Crippen LogP contribution in [0, 0.1) is 23.6 Å². The van der Waals surface area contributed by atoms with Gasteiger partial charge in [-0.25, -0.2) is 4.39 Å². The fraction of sp³-hybridized carbons (Fsp3) is 0.386. The summed E-state index contributed by atoms with van der Waals surface area (Å²) < 4.78 is 41.8. The monoisotopic (exact) mass is 778 g/mol. The molecule has 3 aromatic carbocycles. The van der Waals surface area contributed by atoms with Crippen LogP contribution in [0.4, 0.5) is 4.39 Å². The summed E-state index contributed by atoms with van der Waals surface area (Å²) >= 11 is 0. The molecule has 292 valence electrons. The van der Waals surface area contributed by atoms with E-state index in [0.29, 0.717) is 6.29 Å². The van der Waals surface area contributed by atoms with Crippen molar-refractivity contribution in [3.63, 3.8) is 0 Å². The lowest BCUT2D eigenvalue weighted by Gasteiger charge is -2.56. The van der Waals surface area contributed by atoms with Gasteiger partial charge in [0.05, 0.1) is 17.5 Å². The van der Waals surface area contributed by atoms with Crippen LogP contribution in [0.2, 0.25) is 18.1 Å². The molecule has 12 heteroatoms. The van der Waals surface area contributed by atoms with E-state index >= 15 is 18.8 Å². The SMILES string of the molecule is CN(C)[C@@H]1c2onc(OCc3ccccc3)c2C(=O)[C@@]2(O[Si](C)(C)C(C)(C)C)C(=O)C3C(=O)c4c(c(F)cc(/C=C/C=O)c4OCc4ccccc4)C[C@H]3C[C@@H]12. The van der Waals surface area contributed by atoms with Crippen LogP contribution in [0.3, 0.4) is 0 Å². The number of ether oxygens (including phenoxy) is 2. The van der Waals surface area contributed by atoms with E-state index in [2.05, 4.69) is 5.16 Å². The highest BCUT2D eigenvalue weighted by atomic mass is 28.4. The van der Waals surface area contributed by atoms with E-state index in [1.54, 1.807) is 0 Å². The minimum Gasteiger partial charge on any atom is -0.488 e. The molecule has 7 rings (SSSR count). The van der Waals surface area contributed by atoms with Crippen LogP contribution in [0.25, 0.3) is 6.08 Å². The van der Waals surface area contributed by atoms with E-state index in [9.17, 15) is 4.79 Å². The maximum Gasteiger partial charge on any atom is 0.265 e. The van der Waals surface area contributed by atoms with E-state index in [4.69, 9.17) is 18.4 Å². The number of fused-ring (bicyclic) bond motifs is 4. The number of hydrogen-bond donors (Lipinski definition) is 0. The minimum absolute atomic E-state index is 0.0178. The van der Waals surface area contributed by atoms with E-state index in [0.717, 1.165) is 11.1 Å². The standard InChI is InChI=1S/C44H47FN2O8Si/c1-43(2,3)56(6,7)55-44-31(36(47(4)5)39-35(41(44)51)42(46-54-39)53-25-27-17-12-9-13-18-27)22-29-21-30-32(45)23-28(19-14-20-48)38(34(30)37(49)33(29)40(44)50)52-24-26-15-10-8-11-16-26/h8-20,23,29,31,33,36H,21-22,24-25H2,1-7H3/b19-14+/t29-,31-,33?,36-,44-/m0/s1. The zero-order valence-corrected chi connectivity index (χ0v) is 33.8. The van der Waals surface area contributed by atoms with Gasteiger partial charge in [-0.2, -0.15) is 0 Å². The normalized spacial score (nSPS) is 23.4. The van der Waals surface area contributed by atoms with Crippen LogP contribution >= 0.6 is 0 Å². The van der Waals surface area contributed by atoms with Gasteiger partial charge < -0.3 is 18.4 Å². The van der Waals surface area contributed by atoms with Crippen molar-refractivity contribution in [3.05, 3.63) is 118 Å². The summed E-state index contributed by atoms with van der Waals surface area (Å²) in [6.45, 7) is 10.1. The number of carbonyl (C=O) groups is 4. The van der Waals surface area contributed by atoms with Crippen LogP contribution in [0.5, 0.6) is 11.6 Å². The predicted molar refractivity (Wildman–Crippen MR) is 209 cm³/mol. The molecule has 1 fully saturated rings. The number of halogens is 1. The van der Waals surface area contributed by atoms with Gasteiger partial charge in [0, 0.05) is 17.0 Å². The molecule has 10 nitrogen and oxygen atoms in total. The largest absolute Gasteiger partial charge is 0.488 e. The van der Waals surface area contributed by atoms with Crippen LogP contribution in [-0.4, -0.2) is 61.7 Å². The number of hydrogen-bond acceptors (Lipinski definition) is 10. The molecule has 1 saturated carbocycles. The Labute approximate surface area is 327 Å². The molecule has 1 heterocycles. The third kappa shape index (κ3) is 6.57. The molecule has 0 N–H and O–H groups in total. The molecule has 56 heavy (non-hydrogen) atoms. The number of aromatic nitrogens is 1. The quantitative estimate of drug-likeness (QED) is 0.0640. The first-order chi connectivity index (χ1) is 26.6. The molecule has 0 aliphatic heterocycles. The fourth-order valence-corrected chi connectivity index (χ4v) is 9.81. The second-order valence-electron chi connectivity index (χ2n) is 16.7. The Balaban J connectivity index is 1.39. The average Bonchev–Trinajstić information content (AvgIpc) is 3.57. The highest BCUT2D eigenvalue weighted by Gasteiger charge is 2.70. The van der Waals surface area contributed by atoms with Crippen molar-refractivity contribution >= 4 is 38.0 Å². The Morgan fingerprint density at radius 3 is 2.18 bits per heavy atom. The second kappa shape index (κ2) is 14.8. The number of nitrogens with zero attached hydrogens (tertiary/aromatic N) is 2. The van der Waals surface area contributed by atoms with Crippen LogP contribution in [-0.2, 0) is 33.6 Å². The van der Waals surface area contributed by atoms with Gasteiger partial charge in [0.1, 0.15) is 36.6 Å². The van der Waals surface area contributed by atoms with Gasteiger partial charge in [-0.15, -0.1) is 0 Å². The fourth-order valence-electron chi connectivity index (χ4n) is 8.36. The number of rotatable bonds is 11. The molecule has 3 aliphatic rings. The summed E-state index contributed by atoms with van der Waals surface area (Å²) in [5, 5.41) is 3.79. The Hall–Kier alpha value is -5.04. The van der Waals surface area contributed by atoms with Crippen LogP contribution in [0.15, 0.2) is 77.3 Å². The topological polar surface area (TPSA) is 125 Å². The maximum atomic E-state index is 16.2. The number of carbonyl (C=O) groups excluding carboxylic acids is 4. The van der Waals surface area contributed by atoms with Crippen molar-refractivity contribution in [1.29, 1.82) is 0 Å². The molecule has 4 aromatic rings. The van der Waals surface area contributed by atoms with E-state index < -0.39 is 65.9 Å². The second-order valence-corrected chi connectivity index (χ2v) is 21.5. The van der Waals surface area contributed by atoms with Crippen LogP contribution in [0.1, 0.15) is 82.0 Å². The van der Waals surface area contributed by atoms with Crippen molar-refractivity contribution in [2.24, 2.45) is 17.8 Å². The highest BCUT2D eigenvalue weighted by Crippen LogP contribution is 2.59. The summed E-state index contributed by atoms with van der Waals surface area (Å²) in [6, 6.07) is 19.2. The van der Waals surface area contributed by atoms with Crippen molar-refractivity contribution in [2.75, 3.05) is 14.1 Å². The molecular weight excluding hydrogens is 732 g/mol. The van der Waals surface area contributed by atoms with E-state index in [-0.39, 0.29) is 65.7 Å². The molecule has 0 spiro atoms. The summed E-state index contributed by atoms with van der Waals surface area (Å²) in [5.41, 5.74) is -0.212. The van der Waals surface area contributed by atoms with Gasteiger partial charge >= 0.3 is 0 Å².